The van der Waals surface area contributed by atoms with Crippen LogP contribution in [0.2, 0.25) is 0 Å². The topological polar surface area (TPSA) is 66.4 Å². The second kappa shape index (κ2) is 5.95. The lowest BCUT2D eigenvalue weighted by molar-refractivity contribution is -0.147. The van der Waals surface area contributed by atoms with Crippen LogP contribution in [0.1, 0.15) is 36.8 Å². The van der Waals surface area contributed by atoms with Crippen LogP contribution in [-0.2, 0) is 16.0 Å². The van der Waals surface area contributed by atoms with Crippen molar-refractivity contribution in [3.8, 4) is 0 Å². The normalized spacial score (nSPS) is 16.9. The number of carbonyl (C=O) groups excluding carboxylic acids is 1. The van der Waals surface area contributed by atoms with Crippen molar-refractivity contribution in [3.05, 3.63) is 33.8 Å². The number of halogens is 1. The van der Waals surface area contributed by atoms with Gasteiger partial charge in [0.15, 0.2) is 0 Å². The van der Waals surface area contributed by atoms with Crippen molar-refractivity contribution < 1.29 is 14.7 Å². The van der Waals surface area contributed by atoms with Crippen LogP contribution in [0.4, 0.5) is 0 Å². The van der Waals surface area contributed by atoms with E-state index in [4.69, 9.17) is 0 Å². The van der Waals surface area contributed by atoms with Gasteiger partial charge in [0.25, 0.3) is 0 Å². The Kier molecular flexibility index (Phi) is 4.48. The molecule has 1 aliphatic rings. The average Bonchev–Trinajstić information content (AvgIpc) is 2.83. The monoisotopic (exact) mass is 339 g/mol. The third-order valence-electron chi connectivity index (χ3n) is 3.85. The smallest absolute Gasteiger partial charge is 0.329 e. The van der Waals surface area contributed by atoms with Crippen LogP contribution in [0, 0.1) is 6.92 Å². The minimum absolute atomic E-state index is 0.202. The molecule has 0 saturated heterocycles. The summed E-state index contributed by atoms with van der Waals surface area (Å²) in [6.45, 7) is 1.98. The van der Waals surface area contributed by atoms with Crippen molar-refractivity contribution in [1.29, 1.82) is 0 Å². The largest absolute Gasteiger partial charge is 0.480 e. The molecule has 0 heterocycles. The number of carboxylic acids is 1. The van der Waals surface area contributed by atoms with Crippen LogP contribution in [0.5, 0.6) is 0 Å². The molecule has 2 N–H and O–H groups in total. The molecule has 0 bridgehead atoms. The highest BCUT2D eigenvalue weighted by atomic mass is 79.9. The molecule has 0 radical (unpaired) electrons. The van der Waals surface area contributed by atoms with E-state index in [1.54, 1.807) is 0 Å². The number of carbonyl (C=O) groups is 2. The first kappa shape index (κ1) is 15.0. The van der Waals surface area contributed by atoms with Gasteiger partial charge in [-0.1, -0.05) is 40.9 Å². The third-order valence-corrected chi connectivity index (χ3v) is 4.70. The summed E-state index contributed by atoms with van der Waals surface area (Å²) in [5.74, 6) is -1.15. The number of aryl methyl sites for hydroxylation is 1. The summed E-state index contributed by atoms with van der Waals surface area (Å²) in [6, 6.07) is 5.73. The zero-order valence-electron chi connectivity index (χ0n) is 11.4. The second-order valence-corrected chi connectivity index (χ2v) is 6.26. The van der Waals surface area contributed by atoms with E-state index in [9.17, 15) is 14.7 Å². The number of rotatable bonds is 4. The number of benzene rings is 1. The average molecular weight is 340 g/mol. The van der Waals surface area contributed by atoms with E-state index in [0.29, 0.717) is 12.8 Å². The van der Waals surface area contributed by atoms with E-state index >= 15 is 0 Å². The lowest BCUT2D eigenvalue weighted by Crippen LogP contribution is -2.52. The molecule has 2 rings (SSSR count). The predicted molar refractivity (Wildman–Crippen MR) is 79.6 cm³/mol. The van der Waals surface area contributed by atoms with Gasteiger partial charge in [-0.3, -0.25) is 4.79 Å². The fraction of sp³-hybridized carbons (Fsp3) is 0.467. The molecule has 0 unspecified atom stereocenters. The van der Waals surface area contributed by atoms with Gasteiger partial charge in [0.2, 0.25) is 5.91 Å². The van der Waals surface area contributed by atoms with Gasteiger partial charge >= 0.3 is 5.97 Å². The zero-order valence-corrected chi connectivity index (χ0v) is 13.0. The molecule has 108 valence electrons. The minimum atomic E-state index is -1.06. The molecular formula is C15H18BrNO3. The third kappa shape index (κ3) is 3.20. The molecule has 4 nitrogen and oxygen atoms in total. The van der Waals surface area contributed by atoms with Gasteiger partial charge < -0.3 is 10.4 Å². The Morgan fingerprint density at radius 3 is 2.55 bits per heavy atom. The minimum Gasteiger partial charge on any atom is -0.480 e. The molecule has 0 aromatic heterocycles. The Balaban J connectivity index is 2.04. The van der Waals surface area contributed by atoms with E-state index < -0.39 is 11.5 Å². The standard InChI is InChI=1S/C15H18BrNO3/c1-10-4-5-11(8-12(10)16)9-13(18)17-15(14(19)20)6-2-3-7-15/h4-5,8H,2-3,6-7,9H2,1H3,(H,17,18)(H,19,20). The Hall–Kier alpha value is -1.36. The second-order valence-electron chi connectivity index (χ2n) is 5.40. The molecule has 0 aliphatic heterocycles. The summed E-state index contributed by atoms with van der Waals surface area (Å²) in [5, 5.41) is 12.1. The van der Waals surface area contributed by atoms with E-state index in [1.807, 2.05) is 25.1 Å². The first-order chi connectivity index (χ1) is 9.43. The lowest BCUT2D eigenvalue weighted by Gasteiger charge is -2.25. The van der Waals surface area contributed by atoms with E-state index in [-0.39, 0.29) is 12.3 Å². The molecule has 1 aromatic carbocycles. The molecule has 1 saturated carbocycles. The molecular weight excluding hydrogens is 322 g/mol. The maximum Gasteiger partial charge on any atom is 0.329 e. The highest BCUT2D eigenvalue weighted by molar-refractivity contribution is 9.10. The Morgan fingerprint density at radius 1 is 1.35 bits per heavy atom. The number of amides is 1. The number of aliphatic carboxylic acids is 1. The van der Waals surface area contributed by atoms with Gasteiger partial charge in [-0.05, 0) is 37.0 Å². The van der Waals surface area contributed by atoms with Crippen molar-refractivity contribution in [2.75, 3.05) is 0 Å². The molecule has 0 atom stereocenters. The van der Waals surface area contributed by atoms with Crippen molar-refractivity contribution in [1.82, 2.24) is 5.32 Å². The summed E-state index contributed by atoms with van der Waals surface area (Å²) in [4.78, 5) is 23.5. The first-order valence-corrected chi connectivity index (χ1v) is 7.52. The van der Waals surface area contributed by atoms with Crippen molar-refractivity contribution >= 4 is 27.8 Å². The molecule has 20 heavy (non-hydrogen) atoms. The molecule has 1 aliphatic carbocycles. The van der Waals surface area contributed by atoms with Crippen LogP contribution in [0.15, 0.2) is 22.7 Å². The summed E-state index contributed by atoms with van der Waals surface area (Å²) < 4.78 is 0.955. The van der Waals surface area contributed by atoms with Gasteiger partial charge in [0, 0.05) is 4.47 Å². The van der Waals surface area contributed by atoms with E-state index in [0.717, 1.165) is 28.4 Å². The quantitative estimate of drug-likeness (QED) is 0.886. The van der Waals surface area contributed by atoms with Crippen molar-refractivity contribution in [2.45, 2.75) is 44.6 Å². The molecule has 1 fully saturated rings. The van der Waals surface area contributed by atoms with Crippen LogP contribution in [0.25, 0.3) is 0 Å². The van der Waals surface area contributed by atoms with Gasteiger partial charge in [0.05, 0.1) is 6.42 Å². The number of hydrogen-bond donors (Lipinski definition) is 2. The first-order valence-electron chi connectivity index (χ1n) is 6.72. The van der Waals surface area contributed by atoms with Crippen LogP contribution in [-0.4, -0.2) is 22.5 Å². The maximum atomic E-state index is 12.1. The van der Waals surface area contributed by atoms with E-state index in [1.165, 1.54) is 0 Å². The summed E-state index contributed by atoms with van der Waals surface area (Å²) in [5.41, 5.74) is 0.921. The lowest BCUT2D eigenvalue weighted by atomic mass is 9.97. The van der Waals surface area contributed by atoms with Crippen LogP contribution < -0.4 is 5.32 Å². The zero-order chi connectivity index (χ0) is 14.8. The Labute approximate surface area is 126 Å². The fourth-order valence-corrected chi connectivity index (χ4v) is 3.04. The summed E-state index contributed by atoms with van der Waals surface area (Å²) >= 11 is 3.43. The Bertz CT molecular complexity index is 536. The summed E-state index contributed by atoms with van der Waals surface area (Å²) in [6.07, 6.45) is 2.94. The Morgan fingerprint density at radius 2 is 2.00 bits per heavy atom. The van der Waals surface area contributed by atoms with Crippen molar-refractivity contribution in [2.24, 2.45) is 0 Å². The molecule has 1 aromatic rings. The van der Waals surface area contributed by atoms with Crippen LogP contribution in [0.3, 0.4) is 0 Å². The fourth-order valence-electron chi connectivity index (χ4n) is 2.61. The summed E-state index contributed by atoms with van der Waals surface area (Å²) in [7, 11) is 0. The van der Waals surface area contributed by atoms with Crippen molar-refractivity contribution in [3.63, 3.8) is 0 Å². The molecule has 0 spiro atoms. The van der Waals surface area contributed by atoms with E-state index in [2.05, 4.69) is 21.2 Å². The number of carboxylic acid groups (broad SMARTS) is 1. The maximum absolute atomic E-state index is 12.1. The van der Waals surface area contributed by atoms with Gasteiger partial charge in [-0.25, -0.2) is 4.79 Å². The number of hydrogen-bond acceptors (Lipinski definition) is 2. The molecule has 1 amide bonds. The SMILES string of the molecule is Cc1ccc(CC(=O)NC2(C(=O)O)CCCC2)cc1Br. The van der Waals surface area contributed by atoms with Gasteiger partial charge in [0.1, 0.15) is 5.54 Å². The molecule has 5 heteroatoms. The predicted octanol–water partition coefficient (Wildman–Crippen LogP) is 2.81. The highest BCUT2D eigenvalue weighted by Gasteiger charge is 2.42. The number of nitrogens with one attached hydrogen (secondary N) is 1. The highest BCUT2D eigenvalue weighted by Crippen LogP contribution is 2.30. The van der Waals surface area contributed by atoms with Gasteiger partial charge in [-0.15, -0.1) is 0 Å². The van der Waals surface area contributed by atoms with Crippen LogP contribution >= 0.6 is 15.9 Å². The van der Waals surface area contributed by atoms with Gasteiger partial charge in [-0.2, -0.15) is 0 Å².